The van der Waals surface area contributed by atoms with Gasteiger partial charge in [0, 0.05) is 29.8 Å². The Hall–Kier alpha value is -2.36. The molecule has 0 saturated carbocycles. The van der Waals surface area contributed by atoms with E-state index in [-0.39, 0.29) is 17.1 Å². The lowest BCUT2D eigenvalue weighted by atomic mass is 9.69. The maximum Gasteiger partial charge on any atom is 0.336 e. The van der Waals surface area contributed by atoms with Crippen molar-refractivity contribution < 1.29 is 14.3 Å². The minimum atomic E-state index is -0.405. The number of carbonyl (C=O) groups is 2. The lowest BCUT2D eigenvalue weighted by Crippen LogP contribution is -2.36. The molecule has 3 rings (SSSR count). The Bertz CT molecular complexity index is 754. The van der Waals surface area contributed by atoms with Crippen LogP contribution in [0.3, 0.4) is 0 Å². The van der Waals surface area contributed by atoms with Gasteiger partial charge in [-0.3, -0.25) is 4.79 Å². The molecular weight excluding hydrogens is 302 g/mol. The average molecular weight is 325 g/mol. The largest absolute Gasteiger partial charge is 0.466 e. The highest BCUT2D eigenvalue weighted by atomic mass is 16.5. The molecule has 4 heteroatoms. The van der Waals surface area contributed by atoms with E-state index >= 15 is 0 Å². The summed E-state index contributed by atoms with van der Waals surface area (Å²) in [5, 5.41) is 3.18. The predicted molar refractivity (Wildman–Crippen MR) is 92.2 cm³/mol. The van der Waals surface area contributed by atoms with Gasteiger partial charge in [-0.15, -0.1) is 0 Å². The Morgan fingerprint density at radius 3 is 2.50 bits per heavy atom. The van der Waals surface area contributed by atoms with Crippen molar-refractivity contribution in [1.29, 1.82) is 0 Å². The quantitative estimate of drug-likeness (QED) is 0.847. The second-order valence-corrected chi connectivity index (χ2v) is 7.41. The molecule has 0 bridgehead atoms. The standard InChI is InChI=1S/C20H23NO3/c1-12-5-7-13(8-6-12)17-14(19(23)24-4)11-21-15-9-20(2,3)10-16(22)18(15)17/h5-8,11,17,21H,9-10H2,1-4H3. The summed E-state index contributed by atoms with van der Waals surface area (Å²) in [5.41, 5.74) is 4.13. The van der Waals surface area contributed by atoms with Crippen molar-refractivity contribution in [2.45, 2.75) is 39.5 Å². The van der Waals surface area contributed by atoms with Crippen molar-refractivity contribution in [1.82, 2.24) is 5.32 Å². The number of hydrogen-bond acceptors (Lipinski definition) is 4. The van der Waals surface area contributed by atoms with E-state index in [4.69, 9.17) is 4.74 Å². The zero-order valence-corrected chi connectivity index (χ0v) is 14.6. The number of aryl methyl sites for hydroxylation is 1. The van der Waals surface area contributed by atoms with Crippen molar-refractivity contribution in [2.75, 3.05) is 7.11 Å². The molecule has 0 fully saturated rings. The van der Waals surface area contributed by atoms with Crippen molar-refractivity contribution in [3.05, 3.63) is 58.4 Å². The third-order valence-corrected chi connectivity index (χ3v) is 4.75. The molecule has 0 saturated heterocycles. The van der Waals surface area contributed by atoms with Crippen LogP contribution in [0.15, 0.2) is 47.3 Å². The van der Waals surface area contributed by atoms with Gasteiger partial charge >= 0.3 is 5.97 Å². The van der Waals surface area contributed by atoms with E-state index in [0.29, 0.717) is 17.6 Å². The number of allylic oxidation sites excluding steroid dienone is 2. The number of Topliss-reactive ketones (excluding diaryl/α,β-unsaturated/α-hetero) is 1. The van der Waals surface area contributed by atoms with E-state index in [2.05, 4.69) is 19.2 Å². The highest BCUT2D eigenvalue weighted by molar-refractivity contribution is 6.03. The van der Waals surface area contributed by atoms with E-state index in [1.807, 2.05) is 31.2 Å². The number of methoxy groups -OCH3 is 1. The van der Waals surface area contributed by atoms with E-state index in [1.54, 1.807) is 6.20 Å². The molecule has 0 spiro atoms. The van der Waals surface area contributed by atoms with Gasteiger partial charge in [0.15, 0.2) is 5.78 Å². The monoisotopic (exact) mass is 325 g/mol. The fraction of sp³-hybridized carbons (Fsp3) is 0.400. The first-order valence-corrected chi connectivity index (χ1v) is 8.20. The van der Waals surface area contributed by atoms with Crippen LogP contribution < -0.4 is 5.32 Å². The maximum absolute atomic E-state index is 12.9. The Balaban J connectivity index is 2.12. The molecule has 0 radical (unpaired) electrons. The molecule has 1 aromatic rings. The zero-order chi connectivity index (χ0) is 17.5. The number of ketones is 1. The second-order valence-electron chi connectivity index (χ2n) is 7.41. The molecule has 24 heavy (non-hydrogen) atoms. The summed E-state index contributed by atoms with van der Waals surface area (Å²) in [6, 6.07) is 7.98. The molecule has 1 aliphatic heterocycles. The molecule has 1 unspecified atom stereocenters. The average Bonchev–Trinajstić information content (AvgIpc) is 2.53. The van der Waals surface area contributed by atoms with Crippen molar-refractivity contribution in [2.24, 2.45) is 5.41 Å². The Labute approximate surface area is 142 Å². The Morgan fingerprint density at radius 1 is 1.21 bits per heavy atom. The van der Waals surface area contributed by atoms with Gasteiger partial charge in [-0.1, -0.05) is 43.7 Å². The maximum atomic E-state index is 12.9. The highest BCUT2D eigenvalue weighted by Crippen LogP contribution is 2.45. The van der Waals surface area contributed by atoms with Crippen LogP contribution in [0.4, 0.5) is 0 Å². The molecule has 1 atom stereocenters. The van der Waals surface area contributed by atoms with Gasteiger partial charge in [-0.2, -0.15) is 0 Å². The smallest absolute Gasteiger partial charge is 0.336 e. The fourth-order valence-corrected chi connectivity index (χ4v) is 3.60. The van der Waals surface area contributed by atoms with Crippen LogP contribution in [0, 0.1) is 12.3 Å². The van der Waals surface area contributed by atoms with Crippen LogP contribution in [0.1, 0.15) is 43.7 Å². The van der Waals surface area contributed by atoms with Gasteiger partial charge in [-0.25, -0.2) is 4.79 Å². The molecule has 0 aromatic heterocycles. The number of nitrogens with one attached hydrogen (secondary N) is 1. The van der Waals surface area contributed by atoms with Gasteiger partial charge in [0.25, 0.3) is 0 Å². The van der Waals surface area contributed by atoms with E-state index < -0.39 is 5.97 Å². The van der Waals surface area contributed by atoms with E-state index in [9.17, 15) is 9.59 Å². The van der Waals surface area contributed by atoms with Crippen LogP contribution >= 0.6 is 0 Å². The minimum absolute atomic E-state index is 0.0721. The molecule has 4 nitrogen and oxygen atoms in total. The van der Waals surface area contributed by atoms with Crippen LogP contribution in [0.5, 0.6) is 0 Å². The number of hydrogen-bond donors (Lipinski definition) is 1. The molecule has 1 heterocycles. The van der Waals surface area contributed by atoms with Gasteiger partial charge in [-0.05, 0) is 24.3 Å². The zero-order valence-electron chi connectivity index (χ0n) is 14.6. The first-order valence-electron chi connectivity index (χ1n) is 8.20. The molecular formula is C20H23NO3. The van der Waals surface area contributed by atoms with Crippen molar-refractivity contribution >= 4 is 11.8 Å². The highest BCUT2D eigenvalue weighted by Gasteiger charge is 2.41. The fourth-order valence-electron chi connectivity index (χ4n) is 3.60. The normalized spacial score (nSPS) is 22.4. The van der Waals surface area contributed by atoms with E-state index in [1.165, 1.54) is 7.11 Å². The molecule has 2 aliphatic rings. The van der Waals surface area contributed by atoms with Gasteiger partial charge in [0.2, 0.25) is 0 Å². The van der Waals surface area contributed by atoms with Gasteiger partial charge < -0.3 is 10.1 Å². The number of ether oxygens (including phenoxy) is 1. The first-order chi connectivity index (χ1) is 11.3. The topological polar surface area (TPSA) is 55.4 Å². The lowest BCUT2D eigenvalue weighted by molar-refractivity contribution is -0.136. The van der Waals surface area contributed by atoms with Crippen LogP contribution in [-0.2, 0) is 14.3 Å². The number of esters is 1. The molecule has 0 amide bonds. The summed E-state index contributed by atoms with van der Waals surface area (Å²) >= 11 is 0. The number of rotatable bonds is 2. The third kappa shape index (κ3) is 2.88. The summed E-state index contributed by atoms with van der Waals surface area (Å²) in [5.74, 6) is -0.663. The van der Waals surface area contributed by atoms with Gasteiger partial charge in [0.05, 0.1) is 12.7 Å². The SMILES string of the molecule is COC(=O)C1=CNC2=C(C(=O)CC(C)(C)C2)C1c1ccc(C)cc1. The van der Waals surface area contributed by atoms with Crippen LogP contribution in [0.25, 0.3) is 0 Å². The molecule has 126 valence electrons. The van der Waals surface area contributed by atoms with Crippen LogP contribution in [-0.4, -0.2) is 18.9 Å². The molecule has 1 N–H and O–H groups in total. The summed E-state index contributed by atoms with van der Waals surface area (Å²) < 4.78 is 4.94. The number of benzene rings is 1. The lowest BCUT2D eigenvalue weighted by Gasteiger charge is -2.37. The first kappa shape index (κ1) is 16.5. The summed E-state index contributed by atoms with van der Waals surface area (Å²) in [6.45, 7) is 6.20. The Morgan fingerprint density at radius 2 is 1.88 bits per heavy atom. The van der Waals surface area contributed by atoms with Crippen molar-refractivity contribution in [3.8, 4) is 0 Å². The predicted octanol–water partition coefficient (Wildman–Crippen LogP) is 3.38. The van der Waals surface area contributed by atoms with Crippen LogP contribution in [0.2, 0.25) is 0 Å². The molecule has 1 aliphatic carbocycles. The minimum Gasteiger partial charge on any atom is -0.466 e. The Kier molecular flexibility index (Phi) is 4.08. The summed E-state index contributed by atoms with van der Waals surface area (Å²) in [7, 11) is 1.37. The summed E-state index contributed by atoms with van der Waals surface area (Å²) in [4.78, 5) is 25.1. The number of dihydropyridines is 1. The van der Waals surface area contributed by atoms with Gasteiger partial charge in [0.1, 0.15) is 0 Å². The number of carbonyl (C=O) groups excluding carboxylic acids is 2. The van der Waals surface area contributed by atoms with Crippen molar-refractivity contribution in [3.63, 3.8) is 0 Å². The molecule has 1 aromatic carbocycles. The second kappa shape index (κ2) is 5.93. The summed E-state index contributed by atoms with van der Waals surface area (Å²) in [6.07, 6.45) is 2.98. The third-order valence-electron chi connectivity index (χ3n) is 4.75. The van der Waals surface area contributed by atoms with E-state index in [0.717, 1.165) is 23.2 Å².